The molecule has 28 heavy (non-hydrogen) atoms. The molecule has 0 saturated carbocycles. The lowest BCUT2D eigenvalue weighted by Gasteiger charge is -2.15. The first kappa shape index (κ1) is 21.7. The zero-order chi connectivity index (χ0) is 20.8. The first-order valence-corrected chi connectivity index (χ1v) is 9.78. The molecule has 8 heteroatoms. The topological polar surface area (TPSA) is 100 Å². The fraction of sp³-hybridized carbons (Fsp3) is 0.350. The molecule has 0 saturated heterocycles. The lowest BCUT2D eigenvalue weighted by Crippen LogP contribution is -2.47. The van der Waals surface area contributed by atoms with Gasteiger partial charge in [0.2, 0.25) is 0 Å². The Hall–Kier alpha value is -2.61. The summed E-state index contributed by atoms with van der Waals surface area (Å²) >= 11 is 3.34. The van der Waals surface area contributed by atoms with Gasteiger partial charge in [0.15, 0.2) is 11.9 Å². The second-order valence-corrected chi connectivity index (χ2v) is 7.36. The van der Waals surface area contributed by atoms with Crippen molar-refractivity contribution in [3.05, 3.63) is 51.3 Å². The monoisotopic (exact) mass is 449 g/mol. The number of amides is 2. The number of nitrogens with one attached hydrogen (secondary N) is 3. The highest BCUT2D eigenvalue weighted by molar-refractivity contribution is 9.10. The molecule has 150 valence electrons. The smallest absolute Gasteiger partial charge is 0.286 e. The van der Waals surface area contributed by atoms with Crippen LogP contribution in [-0.4, -0.2) is 28.7 Å². The zero-order valence-corrected chi connectivity index (χ0v) is 17.9. The first-order chi connectivity index (χ1) is 13.2. The molecule has 2 rings (SSSR count). The van der Waals surface area contributed by atoms with Crippen LogP contribution in [0.25, 0.3) is 0 Å². The van der Waals surface area contributed by atoms with Crippen LogP contribution in [0.3, 0.4) is 0 Å². The first-order valence-electron chi connectivity index (χ1n) is 8.99. The molecule has 0 radical (unpaired) electrons. The Morgan fingerprint density at radius 2 is 1.96 bits per heavy atom. The van der Waals surface area contributed by atoms with Gasteiger partial charge in [-0.1, -0.05) is 35.3 Å². The molecule has 1 aromatic heterocycles. The fourth-order valence-electron chi connectivity index (χ4n) is 2.93. The fourth-order valence-corrected chi connectivity index (χ4v) is 3.31. The van der Waals surface area contributed by atoms with E-state index in [-0.39, 0.29) is 11.5 Å². The quantitative estimate of drug-likeness (QED) is 0.444. The number of aryl methyl sites for hydroxylation is 1. The molecule has 1 unspecified atom stereocenters. The Morgan fingerprint density at radius 3 is 2.57 bits per heavy atom. The molecule has 1 aromatic carbocycles. The maximum atomic E-state index is 12.5. The number of halogens is 1. The van der Waals surface area contributed by atoms with E-state index in [1.807, 2.05) is 13.0 Å². The molecular formula is C20H24BrN3O4. The van der Waals surface area contributed by atoms with Crippen molar-refractivity contribution in [1.29, 1.82) is 0 Å². The number of Topliss-reactive ketones (excluding diaryl/α,β-unsaturated/α-hetero) is 1. The third-order valence-electron chi connectivity index (χ3n) is 4.15. The number of aromatic amines is 1. The van der Waals surface area contributed by atoms with Crippen LogP contribution < -0.4 is 15.6 Å². The van der Waals surface area contributed by atoms with E-state index in [1.165, 1.54) is 6.92 Å². The number of hydrogen-bond acceptors (Lipinski definition) is 4. The van der Waals surface area contributed by atoms with E-state index in [9.17, 15) is 14.4 Å². The highest BCUT2D eigenvalue weighted by Gasteiger charge is 2.23. The summed E-state index contributed by atoms with van der Waals surface area (Å²) in [6.45, 7) is 6.77. The summed E-state index contributed by atoms with van der Waals surface area (Å²) in [5.74, 6) is -0.585. The Balaban J connectivity index is 2.04. The minimum atomic E-state index is -0.817. The van der Waals surface area contributed by atoms with E-state index < -0.39 is 17.9 Å². The van der Waals surface area contributed by atoms with Gasteiger partial charge >= 0.3 is 0 Å². The summed E-state index contributed by atoms with van der Waals surface area (Å²) in [6.07, 6.45) is 0.544. The predicted molar refractivity (Wildman–Crippen MR) is 109 cm³/mol. The van der Waals surface area contributed by atoms with E-state index >= 15 is 0 Å². The van der Waals surface area contributed by atoms with E-state index in [1.54, 1.807) is 32.0 Å². The van der Waals surface area contributed by atoms with Gasteiger partial charge in [-0.15, -0.1) is 0 Å². The van der Waals surface area contributed by atoms with Gasteiger partial charge in [0.25, 0.3) is 11.8 Å². The van der Waals surface area contributed by atoms with Crippen molar-refractivity contribution in [1.82, 2.24) is 15.8 Å². The third kappa shape index (κ3) is 5.22. The average Bonchev–Trinajstić information content (AvgIpc) is 2.96. The Labute approximate surface area is 172 Å². The van der Waals surface area contributed by atoms with E-state index in [0.29, 0.717) is 29.0 Å². The number of aromatic nitrogens is 1. The molecule has 2 amide bonds. The Bertz CT molecular complexity index is 892. The van der Waals surface area contributed by atoms with Gasteiger partial charge in [0, 0.05) is 15.7 Å². The molecule has 0 fully saturated rings. The van der Waals surface area contributed by atoms with Crippen LogP contribution in [0.4, 0.5) is 0 Å². The number of ketones is 1. The minimum absolute atomic E-state index is 0.101. The molecule has 1 atom stereocenters. The maximum Gasteiger partial charge on any atom is 0.286 e. The van der Waals surface area contributed by atoms with Crippen LogP contribution in [0.15, 0.2) is 28.7 Å². The number of hydrazine groups is 1. The van der Waals surface area contributed by atoms with Gasteiger partial charge in [0.05, 0.1) is 0 Å². The summed E-state index contributed by atoms with van der Waals surface area (Å²) in [6, 6.07) is 7.11. The number of carbonyl (C=O) groups is 3. The summed E-state index contributed by atoms with van der Waals surface area (Å²) in [5, 5.41) is 0. The normalized spacial score (nSPS) is 11.6. The molecule has 0 spiro atoms. The van der Waals surface area contributed by atoms with Crippen molar-refractivity contribution in [3.8, 4) is 5.75 Å². The summed E-state index contributed by atoms with van der Waals surface area (Å²) < 4.78 is 6.40. The summed E-state index contributed by atoms with van der Waals surface area (Å²) in [7, 11) is 0. The van der Waals surface area contributed by atoms with Crippen LogP contribution in [0.2, 0.25) is 0 Å². The van der Waals surface area contributed by atoms with Gasteiger partial charge in [0.1, 0.15) is 11.4 Å². The number of rotatable bonds is 7. The summed E-state index contributed by atoms with van der Waals surface area (Å²) in [5.41, 5.74) is 6.86. The van der Waals surface area contributed by atoms with Crippen LogP contribution >= 0.6 is 15.9 Å². The highest BCUT2D eigenvalue weighted by Crippen LogP contribution is 2.21. The lowest BCUT2D eigenvalue weighted by molar-refractivity contribution is -0.128. The van der Waals surface area contributed by atoms with Gasteiger partial charge in [-0.3, -0.25) is 25.2 Å². The van der Waals surface area contributed by atoms with E-state index in [0.717, 1.165) is 10.9 Å². The lowest BCUT2D eigenvalue weighted by atomic mass is 10.0. The van der Waals surface area contributed by atoms with Crippen molar-refractivity contribution in [2.45, 2.75) is 46.6 Å². The highest BCUT2D eigenvalue weighted by atomic mass is 79.9. The summed E-state index contributed by atoms with van der Waals surface area (Å²) in [4.78, 5) is 39.6. The second kappa shape index (κ2) is 9.54. The van der Waals surface area contributed by atoms with Crippen molar-refractivity contribution >= 4 is 33.5 Å². The average molecular weight is 450 g/mol. The number of hydrogen-bond donors (Lipinski definition) is 3. The SMILES string of the molecule is CCCc1c(C(=O)NNC(=O)C(C)Oc2cccc(Br)c2)[nH]c(C)c1C(C)=O. The second-order valence-electron chi connectivity index (χ2n) is 6.45. The molecule has 0 bridgehead atoms. The molecule has 0 aliphatic carbocycles. The molecule has 0 aliphatic rings. The zero-order valence-electron chi connectivity index (χ0n) is 16.3. The Morgan fingerprint density at radius 1 is 1.25 bits per heavy atom. The molecule has 0 aliphatic heterocycles. The van der Waals surface area contributed by atoms with Gasteiger partial charge in [-0.25, -0.2) is 0 Å². The van der Waals surface area contributed by atoms with Crippen LogP contribution in [0, 0.1) is 6.92 Å². The minimum Gasteiger partial charge on any atom is -0.481 e. The van der Waals surface area contributed by atoms with Gasteiger partial charge in [-0.2, -0.15) is 0 Å². The molecule has 2 aromatic rings. The van der Waals surface area contributed by atoms with Gasteiger partial charge < -0.3 is 9.72 Å². The predicted octanol–water partition coefficient (Wildman–Crippen LogP) is 3.47. The van der Waals surface area contributed by atoms with Crippen LogP contribution in [0.1, 0.15) is 59.3 Å². The van der Waals surface area contributed by atoms with Crippen LogP contribution in [-0.2, 0) is 11.2 Å². The third-order valence-corrected chi connectivity index (χ3v) is 4.64. The molecule has 1 heterocycles. The number of carbonyl (C=O) groups excluding carboxylic acids is 3. The maximum absolute atomic E-state index is 12.5. The largest absolute Gasteiger partial charge is 0.481 e. The molecule has 7 nitrogen and oxygen atoms in total. The van der Waals surface area contributed by atoms with Crippen molar-refractivity contribution in [2.75, 3.05) is 0 Å². The standard InChI is InChI=1S/C20H24BrN3O4/c1-5-7-16-17(12(3)25)11(2)22-18(16)20(27)24-23-19(26)13(4)28-15-9-6-8-14(21)10-15/h6,8-10,13,22H,5,7H2,1-4H3,(H,23,26)(H,24,27). The number of H-pyrrole nitrogens is 1. The van der Waals surface area contributed by atoms with Crippen molar-refractivity contribution < 1.29 is 19.1 Å². The molecular weight excluding hydrogens is 426 g/mol. The van der Waals surface area contributed by atoms with Crippen LogP contribution in [0.5, 0.6) is 5.75 Å². The van der Waals surface area contributed by atoms with Crippen molar-refractivity contribution in [3.63, 3.8) is 0 Å². The number of benzene rings is 1. The van der Waals surface area contributed by atoms with Crippen molar-refractivity contribution in [2.24, 2.45) is 0 Å². The van der Waals surface area contributed by atoms with E-state index in [2.05, 4.69) is 31.8 Å². The molecule has 3 N–H and O–H groups in total. The van der Waals surface area contributed by atoms with Gasteiger partial charge in [-0.05, 0) is 51.0 Å². The Kier molecular flexibility index (Phi) is 7.39. The van der Waals surface area contributed by atoms with E-state index in [4.69, 9.17) is 4.74 Å². The number of ether oxygens (including phenoxy) is 1.